The monoisotopic (exact) mass is 403 g/mol. The lowest BCUT2D eigenvalue weighted by Gasteiger charge is -2.39. The molecule has 3 aromatic rings. The molecule has 4 rings (SSSR count). The summed E-state index contributed by atoms with van der Waals surface area (Å²) in [5.41, 5.74) is 1.92. The molecule has 1 amide bonds. The van der Waals surface area contributed by atoms with E-state index in [0.29, 0.717) is 11.1 Å². The maximum atomic E-state index is 14.1. The Balaban J connectivity index is 1.51. The van der Waals surface area contributed by atoms with Crippen LogP contribution in [0.1, 0.15) is 36.5 Å². The first-order valence-corrected chi connectivity index (χ1v) is 10.5. The van der Waals surface area contributed by atoms with Gasteiger partial charge in [-0.3, -0.25) is 4.79 Å². The highest BCUT2D eigenvalue weighted by atomic mass is 19.1. The van der Waals surface area contributed by atoms with E-state index in [9.17, 15) is 9.18 Å². The molecule has 0 saturated carbocycles. The second-order valence-corrected chi connectivity index (χ2v) is 7.75. The van der Waals surface area contributed by atoms with E-state index >= 15 is 0 Å². The van der Waals surface area contributed by atoms with Crippen molar-refractivity contribution in [1.82, 2.24) is 4.90 Å². The van der Waals surface area contributed by atoms with Crippen LogP contribution in [0.2, 0.25) is 0 Å². The fraction of sp³-hybridized carbons (Fsp3) is 0.269. The molecule has 30 heavy (non-hydrogen) atoms. The number of benzene rings is 3. The molecule has 0 bridgehead atoms. The summed E-state index contributed by atoms with van der Waals surface area (Å²) in [5.74, 6) is 0.556. The van der Waals surface area contributed by atoms with Crippen molar-refractivity contribution in [2.24, 2.45) is 0 Å². The van der Waals surface area contributed by atoms with Crippen LogP contribution in [0.25, 0.3) is 11.1 Å². The van der Waals surface area contributed by atoms with Gasteiger partial charge < -0.3 is 9.64 Å². The van der Waals surface area contributed by atoms with Gasteiger partial charge in [-0.1, -0.05) is 48.5 Å². The maximum absolute atomic E-state index is 14.1. The van der Waals surface area contributed by atoms with Crippen LogP contribution in [0.5, 0.6) is 5.75 Å². The van der Waals surface area contributed by atoms with Gasteiger partial charge in [-0.15, -0.1) is 0 Å². The van der Waals surface area contributed by atoms with Crippen molar-refractivity contribution in [2.45, 2.75) is 38.3 Å². The zero-order chi connectivity index (χ0) is 20.9. The lowest BCUT2D eigenvalue weighted by molar-refractivity contribution is 0.0353. The van der Waals surface area contributed by atoms with Crippen LogP contribution in [0, 0.1) is 5.82 Å². The summed E-state index contributed by atoms with van der Waals surface area (Å²) in [7, 11) is 0. The van der Waals surface area contributed by atoms with E-state index in [2.05, 4.69) is 0 Å². The van der Waals surface area contributed by atoms with Gasteiger partial charge in [0, 0.05) is 17.7 Å². The van der Waals surface area contributed by atoms with Crippen molar-refractivity contribution in [1.29, 1.82) is 0 Å². The Morgan fingerprint density at radius 1 is 0.967 bits per heavy atom. The number of nitrogens with zero attached hydrogens (tertiary/aromatic N) is 1. The lowest BCUT2D eigenvalue weighted by Crippen LogP contribution is -2.50. The standard InChI is InChI=1S/C26H26FNO2/c1-19(30-22-9-3-2-4-10-22)25-13-7-8-18-28(25)26(29)21-16-14-20(15-17-21)23-11-5-6-12-24(23)27/h2-6,9-12,14-17,19,25H,7-8,13,18H2,1H3. The van der Waals surface area contributed by atoms with Crippen LogP contribution < -0.4 is 4.74 Å². The molecule has 2 atom stereocenters. The molecule has 0 N–H and O–H groups in total. The zero-order valence-electron chi connectivity index (χ0n) is 17.1. The quantitative estimate of drug-likeness (QED) is 0.526. The molecule has 3 nitrogen and oxygen atoms in total. The molecule has 0 aromatic heterocycles. The maximum Gasteiger partial charge on any atom is 0.254 e. The second-order valence-electron chi connectivity index (χ2n) is 7.75. The summed E-state index contributed by atoms with van der Waals surface area (Å²) in [5, 5.41) is 0. The summed E-state index contributed by atoms with van der Waals surface area (Å²) in [6.07, 6.45) is 2.90. The Kier molecular flexibility index (Phi) is 6.12. The van der Waals surface area contributed by atoms with E-state index in [1.165, 1.54) is 6.07 Å². The van der Waals surface area contributed by atoms with Crippen molar-refractivity contribution < 1.29 is 13.9 Å². The van der Waals surface area contributed by atoms with Crippen molar-refractivity contribution in [3.05, 3.63) is 90.2 Å². The fourth-order valence-electron chi connectivity index (χ4n) is 4.14. The normalized spacial score (nSPS) is 17.4. The van der Waals surface area contributed by atoms with Gasteiger partial charge >= 0.3 is 0 Å². The fourth-order valence-corrected chi connectivity index (χ4v) is 4.14. The van der Waals surface area contributed by atoms with Crippen LogP contribution in [-0.2, 0) is 0 Å². The highest BCUT2D eigenvalue weighted by Crippen LogP contribution is 2.27. The van der Waals surface area contributed by atoms with Crippen molar-refractivity contribution in [2.75, 3.05) is 6.54 Å². The molecule has 2 unspecified atom stereocenters. The zero-order valence-corrected chi connectivity index (χ0v) is 17.1. The number of carbonyl (C=O) groups is 1. The largest absolute Gasteiger partial charge is 0.489 e. The van der Waals surface area contributed by atoms with Crippen molar-refractivity contribution in [3.63, 3.8) is 0 Å². The lowest BCUT2D eigenvalue weighted by atomic mass is 9.96. The van der Waals surface area contributed by atoms with Gasteiger partial charge in [-0.2, -0.15) is 0 Å². The van der Waals surface area contributed by atoms with E-state index < -0.39 is 0 Å². The molecule has 1 saturated heterocycles. The van der Waals surface area contributed by atoms with E-state index in [1.54, 1.807) is 24.3 Å². The third-order valence-electron chi connectivity index (χ3n) is 5.73. The molecule has 0 spiro atoms. The minimum Gasteiger partial charge on any atom is -0.489 e. The first-order valence-electron chi connectivity index (χ1n) is 10.5. The topological polar surface area (TPSA) is 29.5 Å². The van der Waals surface area contributed by atoms with Crippen LogP contribution in [0.4, 0.5) is 4.39 Å². The van der Waals surface area contributed by atoms with Crippen LogP contribution in [-0.4, -0.2) is 29.5 Å². The molecule has 1 aliphatic heterocycles. The molecular formula is C26H26FNO2. The van der Waals surface area contributed by atoms with Gasteiger partial charge in [0.1, 0.15) is 17.7 Å². The van der Waals surface area contributed by atoms with E-state index in [-0.39, 0.29) is 23.9 Å². The van der Waals surface area contributed by atoms with E-state index in [0.717, 1.165) is 37.1 Å². The van der Waals surface area contributed by atoms with Gasteiger partial charge in [0.15, 0.2) is 0 Å². The predicted octanol–water partition coefficient (Wildman–Crippen LogP) is 5.95. The SMILES string of the molecule is CC(Oc1ccccc1)C1CCCCN1C(=O)c1ccc(-c2ccccc2F)cc1. The molecule has 0 aliphatic carbocycles. The van der Waals surface area contributed by atoms with Gasteiger partial charge in [0.05, 0.1) is 6.04 Å². The van der Waals surface area contributed by atoms with Gasteiger partial charge in [0.2, 0.25) is 0 Å². The Bertz CT molecular complexity index is 987. The number of hydrogen-bond acceptors (Lipinski definition) is 2. The first-order chi connectivity index (χ1) is 14.6. The smallest absolute Gasteiger partial charge is 0.254 e. The van der Waals surface area contributed by atoms with Crippen LogP contribution >= 0.6 is 0 Å². The third-order valence-corrected chi connectivity index (χ3v) is 5.73. The van der Waals surface area contributed by atoms with Gasteiger partial charge in [-0.25, -0.2) is 4.39 Å². The van der Waals surface area contributed by atoms with E-state index in [1.807, 2.05) is 60.4 Å². The summed E-state index contributed by atoms with van der Waals surface area (Å²) < 4.78 is 20.2. The number of halogens is 1. The minimum absolute atomic E-state index is 0.00305. The second kappa shape index (κ2) is 9.12. The third kappa shape index (κ3) is 4.38. The average Bonchev–Trinajstić information content (AvgIpc) is 2.80. The predicted molar refractivity (Wildman–Crippen MR) is 117 cm³/mol. The molecule has 1 aliphatic rings. The summed E-state index contributed by atoms with van der Waals surface area (Å²) in [6.45, 7) is 2.76. The number of carbonyl (C=O) groups excluding carboxylic acids is 1. The van der Waals surface area contributed by atoms with Gasteiger partial charge in [0.25, 0.3) is 5.91 Å². The number of likely N-dealkylation sites (tertiary alicyclic amines) is 1. The molecule has 3 aromatic carbocycles. The van der Waals surface area contributed by atoms with Crippen LogP contribution in [0.3, 0.4) is 0 Å². The summed E-state index contributed by atoms with van der Waals surface area (Å²) in [4.78, 5) is 15.2. The number of hydrogen-bond donors (Lipinski definition) is 0. The molecule has 4 heteroatoms. The highest BCUT2D eigenvalue weighted by molar-refractivity contribution is 5.95. The summed E-state index contributed by atoms with van der Waals surface area (Å²) >= 11 is 0. The minimum atomic E-state index is -0.264. The number of ether oxygens (including phenoxy) is 1. The Morgan fingerprint density at radius 2 is 1.67 bits per heavy atom. The Hall–Kier alpha value is -3.14. The number of para-hydroxylation sites is 1. The molecular weight excluding hydrogens is 377 g/mol. The van der Waals surface area contributed by atoms with Gasteiger partial charge in [-0.05, 0) is 62.1 Å². The molecule has 1 heterocycles. The highest BCUT2D eigenvalue weighted by Gasteiger charge is 2.32. The van der Waals surface area contributed by atoms with Crippen LogP contribution in [0.15, 0.2) is 78.9 Å². The molecule has 0 radical (unpaired) electrons. The first kappa shape index (κ1) is 20.1. The number of rotatable bonds is 5. The number of piperidine rings is 1. The van der Waals surface area contributed by atoms with Crippen molar-refractivity contribution in [3.8, 4) is 16.9 Å². The molecule has 154 valence electrons. The average molecular weight is 403 g/mol. The van der Waals surface area contributed by atoms with Crippen molar-refractivity contribution >= 4 is 5.91 Å². The van der Waals surface area contributed by atoms with E-state index in [4.69, 9.17) is 4.74 Å². The Labute approximate surface area is 177 Å². The summed E-state index contributed by atoms with van der Waals surface area (Å²) in [6, 6.07) is 23.6. The Morgan fingerprint density at radius 3 is 2.40 bits per heavy atom. The molecule has 1 fully saturated rings. The number of amides is 1.